The van der Waals surface area contributed by atoms with Gasteiger partial charge in [-0.25, -0.2) is 8.42 Å². The number of methoxy groups -OCH3 is 2. The maximum Gasteiger partial charge on any atom is 0.264 e. The molecule has 0 radical (unpaired) electrons. The number of nitrogens with zero attached hydrogens (tertiary/aromatic N) is 2. The SMILES string of the molecule is CC[C@H](C)NC(=O)[C@@H](Cc1ccccc1)N(Cc1cccc(OC)c1)C(=O)CN(c1ccccc1OC)S(=O)(=O)c1ccc(C)cc1. The smallest absolute Gasteiger partial charge is 0.264 e. The van der Waals surface area contributed by atoms with Crippen molar-refractivity contribution in [3.05, 3.63) is 120 Å². The molecule has 0 unspecified atom stereocenters. The van der Waals surface area contributed by atoms with Crippen LogP contribution in [0, 0.1) is 6.92 Å². The van der Waals surface area contributed by atoms with Crippen LogP contribution in [0.1, 0.15) is 37.0 Å². The van der Waals surface area contributed by atoms with Gasteiger partial charge >= 0.3 is 0 Å². The molecule has 0 saturated heterocycles. The summed E-state index contributed by atoms with van der Waals surface area (Å²) in [6.45, 7) is 5.20. The van der Waals surface area contributed by atoms with Gasteiger partial charge in [-0.1, -0.05) is 79.2 Å². The first-order valence-electron chi connectivity index (χ1n) is 15.6. The zero-order valence-electron chi connectivity index (χ0n) is 27.6. The zero-order chi connectivity index (χ0) is 34.0. The van der Waals surface area contributed by atoms with Crippen LogP contribution >= 0.6 is 0 Å². The molecule has 47 heavy (non-hydrogen) atoms. The zero-order valence-corrected chi connectivity index (χ0v) is 28.4. The highest BCUT2D eigenvalue weighted by Crippen LogP contribution is 2.33. The van der Waals surface area contributed by atoms with Gasteiger partial charge in [0.2, 0.25) is 11.8 Å². The second kappa shape index (κ2) is 16.1. The first-order valence-corrected chi connectivity index (χ1v) is 17.0. The van der Waals surface area contributed by atoms with Crippen molar-refractivity contribution >= 4 is 27.5 Å². The molecule has 4 aromatic carbocycles. The number of para-hydroxylation sites is 2. The third kappa shape index (κ3) is 8.92. The monoisotopic (exact) mass is 657 g/mol. The number of carbonyl (C=O) groups is 2. The highest BCUT2D eigenvalue weighted by Gasteiger charge is 2.35. The van der Waals surface area contributed by atoms with E-state index in [0.29, 0.717) is 12.2 Å². The van der Waals surface area contributed by atoms with E-state index in [1.165, 1.54) is 24.1 Å². The maximum atomic E-state index is 14.7. The molecule has 0 aromatic heterocycles. The summed E-state index contributed by atoms with van der Waals surface area (Å²) in [5, 5.41) is 3.05. The molecule has 1 N–H and O–H groups in total. The van der Waals surface area contributed by atoms with Crippen LogP contribution in [0.15, 0.2) is 108 Å². The molecule has 0 saturated carbocycles. The van der Waals surface area contributed by atoms with E-state index in [2.05, 4.69) is 5.32 Å². The molecule has 0 aliphatic rings. The summed E-state index contributed by atoms with van der Waals surface area (Å²) in [5.41, 5.74) is 2.67. The number of rotatable bonds is 15. The summed E-state index contributed by atoms with van der Waals surface area (Å²) in [7, 11) is -1.26. The number of anilines is 1. The molecule has 0 aliphatic heterocycles. The molecular formula is C37H43N3O6S. The molecule has 4 rings (SSSR count). The van der Waals surface area contributed by atoms with Crippen LogP contribution in [0.25, 0.3) is 0 Å². The number of benzene rings is 4. The van der Waals surface area contributed by atoms with E-state index in [-0.39, 0.29) is 41.2 Å². The van der Waals surface area contributed by atoms with Gasteiger partial charge in [-0.3, -0.25) is 13.9 Å². The van der Waals surface area contributed by atoms with Crippen molar-refractivity contribution in [1.82, 2.24) is 10.2 Å². The van der Waals surface area contributed by atoms with Crippen LogP contribution in [0.2, 0.25) is 0 Å². The van der Waals surface area contributed by atoms with Crippen molar-refractivity contribution < 1.29 is 27.5 Å². The van der Waals surface area contributed by atoms with Gasteiger partial charge in [0.25, 0.3) is 10.0 Å². The van der Waals surface area contributed by atoms with E-state index in [1.807, 2.05) is 63.2 Å². The molecule has 0 aliphatic carbocycles. The van der Waals surface area contributed by atoms with Crippen LogP contribution in [0.4, 0.5) is 5.69 Å². The number of sulfonamides is 1. The average molecular weight is 658 g/mol. The predicted molar refractivity (Wildman–Crippen MR) is 184 cm³/mol. The lowest BCUT2D eigenvalue weighted by Gasteiger charge is -2.34. The van der Waals surface area contributed by atoms with Crippen LogP contribution in [-0.4, -0.2) is 58.0 Å². The number of aryl methyl sites for hydroxylation is 1. The molecule has 0 heterocycles. The fourth-order valence-electron chi connectivity index (χ4n) is 5.15. The minimum Gasteiger partial charge on any atom is -0.497 e. The Morgan fingerprint density at radius 1 is 0.830 bits per heavy atom. The Bertz CT molecular complexity index is 1750. The molecule has 0 spiro atoms. The molecule has 0 fully saturated rings. The summed E-state index contributed by atoms with van der Waals surface area (Å²) in [5.74, 6) is -0.0128. The number of ether oxygens (including phenoxy) is 2. The lowest BCUT2D eigenvalue weighted by molar-refractivity contribution is -0.140. The molecule has 248 valence electrons. The first-order chi connectivity index (χ1) is 22.6. The van der Waals surface area contributed by atoms with Gasteiger partial charge < -0.3 is 19.7 Å². The van der Waals surface area contributed by atoms with Crippen molar-refractivity contribution in [2.75, 3.05) is 25.1 Å². The largest absolute Gasteiger partial charge is 0.497 e. The first kappa shape index (κ1) is 35.0. The minimum atomic E-state index is -4.26. The highest BCUT2D eigenvalue weighted by molar-refractivity contribution is 7.92. The lowest BCUT2D eigenvalue weighted by atomic mass is 10.0. The standard InChI is InChI=1S/C37H43N3O6S/c1-6-28(3)38-37(42)34(24-29-13-8-7-9-14-29)39(25-30-15-12-16-31(23-30)45-4)36(41)26-40(33-17-10-11-18-35(33)46-5)47(43,44)32-21-19-27(2)20-22-32/h7-23,28,34H,6,24-26H2,1-5H3,(H,38,42)/t28-,34+/m0/s1. The fraction of sp³-hybridized carbons (Fsp3) is 0.297. The summed E-state index contributed by atoms with van der Waals surface area (Å²) in [6.07, 6.45) is 0.919. The van der Waals surface area contributed by atoms with Gasteiger partial charge in [0.05, 0.1) is 24.8 Å². The van der Waals surface area contributed by atoms with Crippen molar-refractivity contribution in [3.63, 3.8) is 0 Å². The predicted octanol–water partition coefficient (Wildman–Crippen LogP) is 5.76. The molecular weight excluding hydrogens is 614 g/mol. The van der Waals surface area contributed by atoms with E-state index in [9.17, 15) is 18.0 Å². The number of amides is 2. The Hall–Kier alpha value is -4.83. The van der Waals surface area contributed by atoms with E-state index in [1.54, 1.807) is 55.6 Å². The average Bonchev–Trinajstić information content (AvgIpc) is 3.09. The van der Waals surface area contributed by atoms with E-state index < -0.39 is 28.5 Å². The number of nitrogens with one attached hydrogen (secondary N) is 1. The molecule has 9 nitrogen and oxygen atoms in total. The van der Waals surface area contributed by atoms with Gasteiger partial charge in [-0.15, -0.1) is 0 Å². The number of hydrogen-bond donors (Lipinski definition) is 1. The Kier molecular flexibility index (Phi) is 12.0. The Morgan fingerprint density at radius 3 is 2.15 bits per heavy atom. The topological polar surface area (TPSA) is 105 Å². The third-order valence-electron chi connectivity index (χ3n) is 8.00. The fourth-order valence-corrected chi connectivity index (χ4v) is 6.57. The summed E-state index contributed by atoms with van der Waals surface area (Å²) < 4.78 is 40.6. The molecule has 0 bridgehead atoms. The van der Waals surface area contributed by atoms with Crippen LogP contribution in [-0.2, 0) is 32.6 Å². The van der Waals surface area contributed by atoms with Crippen molar-refractivity contribution in [1.29, 1.82) is 0 Å². The van der Waals surface area contributed by atoms with Crippen LogP contribution in [0.3, 0.4) is 0 Å². The van der Waals surface area contributed by atoms with Crippen LogP contribution in [0.5, 0.6) is 11.5 Å². The van der Waals surface area contributed by atoms with Gasteiger partial charge in [0.15, 0.2) is 0 Å². The highest BCUT2D eigenvalue weighted by atomic mass is 32.2. The number of carbonyl (C=O) groups excluding carboxylic acids is 2. The molecule has 2 amide bonds. The lowest BCUT2D eigenvalue weighted by Crippen LogP contribution is -2.54. The summed E-state index contributed by atoms with van der Waals surface area (Å²) in [6, 6.07) is 28.7. The van der Waals surface area contributed by atoms with Gasteiger partial charge in [0.1, 0.15) is 24.1 Å². The van der Waals surface area contributed by atoms with Crippen molar-refractivity contribution in [2.24, 2.45) is 0 Å². The minimum absolute atomic E-state index is 0.0245. The molecule has 4 aromatic rings. The van der Waals surface area contributed by atoms with E-state index >= 15 is 0 Å². The van der Waals surface area contributed by atoms with Gasteiger partial charge in [-0.05, 0) is 67.8 Å². The summed E-state index contributed by atoms with van der Waals surface area (Å²) >= 11 is 0. The normalized spacial score (nSPS) is 12.4. The Balaban J connectivity index is 1.84. The van der Waals surface area contributed by atoms with Crippen LogP contribution < -0.4 is 19.1 Å². The molecule has 2 atom stereocenters. The quantitative estimate of drug-likeness (QED) is 0.174. The maximum absolute atomic E-state index is 14.7. The molecule has 10 heteroatoms. The van der Waals surface area contributed by atoms with Crippen molar-refractivity contribution in [3.8, 4) is 11.5 Å². The Morgan fingerprint density at radius 2 is 1.49 bits per heavy atom. The van der Waals surface area contributed by atoms with Gasteiger partial charge in [-0.2, -0.15) is 0 Å². The van der Waals surface area contributed by atoms with Crippen molar-refractivity contribution in [2.45, 2.75) is 57.1 Å². The number of hydrogen-bond acceptors (Lipinski definition) is 6. The van der Waals surface area contributed by atoms with Gasteiger partial charge in [0, 0.05) is 19.0 Å². The summed E-state index contributed by atoms with van der Waals surface area (Å²) in [4.78, 5) is 30.2. The second-order valence-corrected chi connectivity index (χ2v) is 13.3. The van der Waals surface area contributed by atoms with E-state index in [4.69, 9.17) is 9.47 Å². The van der Waals surface area contributed by atoms with E-state index in [0.717, 1.165) is 21.0 Å². The third-order valence-corrected chi connectivity index (χ3v) is 9.77. The second-order valence-electron chi connectivity index (χ2n) is 11.4. The Labute approximate surface area is 278 Å².